The highest BCUT2D eigenvalue weighted by Crippen LogP contribution is 2.45. The van der Waals surface area contributed by atoms with Crippen LogP contribution in [0, 0.1) is 11.3 Å². The number of hydrogen-bond acceptors (Lipinski definition) is 5. The minimum absolute atomic E-state index is 0.482. The molecule has 9 aromatic carbocycles. The maximum absolute atomic E-state index is 11.0. The molecule has 0 N–H and O–H groups in total. The van der Waals surface area contributed by atoms with Crippen molar-refractivity contribution in [3.63, 3.8) is 0 Å². The van der Waals surface area contributed by atoms with Gasteiger partial charge in [-0.25, -0.2) is 15.0 Å². The highest BCUT2D eigenvalue weighted by Gasteiger charge is 2.24. The van der Waals surface area contributed by atoms with Crippen LogP contribution in [0.4, 0.5) is 0 Å². The summed E-state index contributed by atoms with van der Waals surface area (Å²) in [4.78, 5) is 15.1. The van der Waals surface area contributed by atoms with Gasteiger partial charge in [-0.2, -0.15) is 5.26 Å². The van der Waals surface area contributed by atoms with E-state index in [0.717, 1.165) is 93.8 Å². The molecule has 0 saturated heterocycles. The van der Waals surface area contributed by atoms with E-state index in [1.807, 2.05) is 84.9 Å². The fourth-order valence-corrected chi connectivity index (χ4v) is 9.71. The predicted octanol–water partition coefficient (Wildman–Crippen LogP) is 14.5. The number of hydrogen-bond donors (Lipinski definition) is 0. The second-order valence-electron chi connectivity index (χ2n) is 16.3. The molecule has 4 aromatic heterocycles. The van der Waals surface area contributed by atoms with Crippen molar-refractivity contribution >= 4 is 65.6 Å². The average Bonchev–Trinajstić information content (AvgIpc) is 4.05. The van der Waals surface area contributed by atoms with Crippen LogP contribution < -0.4 is 0 Å². The summed E-state index contributed by atoms with van der Waals surface area (Å²) in [5.41, 5.74) is 12.7. The molecule has 13 aromatic rings. The molecule has 0 bridgehead atoms. The largest absolute Gasteiger partial charge is 0.454 e. The Morgan fingerprint density at radius 1 is 0.400 bits per heavy atom. The average molecular weight is 831 g/mol. The lowest BCUT2D eigenvalue weighted by atomic mass is 10.0. The van der Waals surface area contributed by atoms with Crippen molar-refractivity contribution in [3.8, 4) is 62.7 Å². The fourth-order valence-electron chi connectivity index (χ4n) is 9.71. The third kappa shape index (κ3) is 5.71. The molecule has 0 aliphatic carbocycles. The summed E-state index contributed by atoms with van der Waals surface area (Å²) in [5.74, 6) is 1.59. The number of furan rings is 1. The number of benzene rings is 9. The third-order valence-electron chi connectivity index (χ3n) is 12.6. The molecule has 7 heteroatoms. The van der Waals surface area contributed by atoms with Crippen LogP contribution >= 0.6 is 0 Å². The van der Waals surface area contributed by atoms with Crippen LogP contribution in [0.2, 0.25) is 0 Å². The van der Waals surface area contributed by atoms with Crippen molar-refractivity contribution in [1.29, 1.82) is 5.26 Å². The zero-order valence-electron chi connectivity index (χ0n) is 34.7. The van der Waals surface area contributed by atoms with Crippen molar-refractivity contribution in [2.45, 2.75) is 0 Å². The van der Waals surface area contributed by atoms with Crippen LogP contribution in [0.5, 0.6) is 0 Å². The molecular formula is C58H34N6O. The van der Waals surface area contributed by atoms with Gasteiger partial charge in [-0.1, -0.05) is 140 Å². The van der Waals surface area contributed by atoms with Gasteiger partial charge in [0.15, 0.2) is 23.1 Å². The number of rotatable bonds is 6. The Morgan fingerprint density at radius 2 is 0.985 bits per heavy atom. The van der Waals surface area contributed by atoms with E-state index in [1.54, 1.807) is 0 Å². The molecule has 13 rings (SSSR count). The van der Waals surface area contributed by atoms with Gasteiger partial charge in [-0.15, -0.1) is 0 Å². The normalized spacial score (nSPS) is 11.7. The van der Waals surface area contributed by atoms with Gasteiger partial charge in [0.2, 0.25) is 0 Å². The molecule has 65 heavy (non-hydrogen) atoms. The molecule has 4 heterocycles. The van der Waals surface area contributed by atoms with Crippen LogP contribution in [0.1, 0.15) is 5.56 Å². The SMILES string of the molecule is N#Cc1cc(-c2nc(-c3ccccc3)nc(-c3cccc(-c4ccccc4)c3)n2)ccc1-n1c2ccccc2c2c3c(ccc21)oc1c3ccc2c3ccccc3n(-c3ccccc3)c21. The lowest BCUT2D eigenvalue weighted by Gasteiger charge is -2.13. The molecule has 7 nitrogen and oxygen atoms in total. The fraction of sp³-hybridized carbons (Fsp3) is 0. The molecule has 0 spiro atoms. The molecule has 0 atom stereocenters. The number of para-hydroxylation sites is 3. The van der Waals surface area contributed by atoms with Gasteiger partial charge in [0.05, 0.1) is 33.3 Å². The highest BCUT2D eigenvalue weighted by molar-refractivity contribution is 6.30. The molecule has 0 aliphatic heterocycles. The summed E-state index contributed by atoms with van der Waals surface area (Å²) in [7, 11) is 0. The minimum Gasteiger partial charge on any atom is -0.454 e. The Hall–Kier alpha value is -9.12. The first-order chi connectivity index (χ1) is 32.2. The zero-order chi connectivity index (χ0) is 43.0. The van der Waals surface area contributed by atoms with E-state index >= 15 is 0 Å². The topological polar surface area (TPSA) is 85.5 Å². The van der Waals surface area contributed by atoms with Crippen LogP contribution in [-0.4, -0.2) is 24.1 Å². The maximum atomic E-state index is 11.0. The summed E-state index contributed by atoms with van der Waals surface area (Å²) in [5, 5.41) is 17.5. The molecule has 0 radical (unpaired) electrons. The van der Waals surface area contributed by atoms with E-state index in [9.17, 15) is 5.26 Å². The summed E-state index contributed by atoms with van der Waals surface area (Å²) in [6.45, 7) is 0. The van der Waals surface area contributed by atoms with E-state index in [-0.39, 0.29) is 0 Å². The van der Waals surface area contributed by atoms with Crippen LogP contribution in [0.25, 0.3) is 122 Å². The first kappa shape index (κ1) is 36.5. The van der Waals surface area contributed by atoms with Crippen molar-refractivity contribution in [2.75, 3.05) is 0 Å². The number of fused-ring (bicyclic) bond motifs is 11. The van der Waals surface area contributed by atoms with Gasteiger partial charge in [0.1, 0.15) is 11.7 Å². The van der Waals surface area contributed by atoms with E-state index in [4.69, 9.17) is 19.4 Å². The summed E-state index contributed by atoms with van der Waals surface area (Å²) >= 11 is 0. The van der Waals surface area contributed by atoms with Crippen molar-refractivity contribution in [2.24, 2.45) is 0 Å². The zero-order valence-corrected chi connectivity index (χ0v) is 34.7. The minimum atomic E-state index is 0.482. The number of nitriles is 1. The first-order valence-electron chi connectivity index (χ1n) is 21.6. The second-order valence-corrected chi connectivity index (χ2v) is 16.3. The van der Waals surface area contributed by atoms with E-state index in [1.165, 1.54) is 5.39 Å². The Labute approximate surface area is 372 Å². The second kappa shape index (κ2) is 14.5. The summed E-state index contributed by atoms with van der Waals surface area (Å²) in [6, 6.07) is 73.0. The smallest absolute Gasteiger partial charge is 0.164 e. The monoisotopic (exact) mass is 830 g/mol. The van der Waals surface area contributed by atoms with Gasteiger partial charge < -0.3 is 13.6 Å². The van der Waals surface area contributed by atoms with E-state index < -0.39 is 0 Å². The Bertz CT molecular complexity index is 4070. The number of nitrogens with zero attached hydrogens (tertiary/aromatic N) is 6. The third-order valence-corrected chi connectivity index (χ3v) is 12.6. The maximum Gasteiger partial charge on any atom is 0.164 e. The lowest BCUT2D eigenvalue weighted by Crippen LogP contribution is -2.02. The molecule has 0 unspecified atom stereocenters. The molecule has 0 amide bonds. The quantitative estimate of drug-likeness (QED) is 0.167. The van der Waals surface area contributed by atoms with Crippen molar-refractivity contribution in [1.82, 2.24) is 24.1 Å². The molecular weight excluding hydrogens is 797 g/mol. The van der Waals surface area contributed by atoms with Gasteiger partial charge in [-0.05, 0) is 77.9 Å². The molecule has 0 saturated carbocycles. The first-order valence-corrected chi connectivity index (χ1v) is 21.6. The van der Waals surface area contributed by atoms with Gasteiger partial charge in [-0.3, -0.25) is 0 Å². The molecule has 0 fully saturated rings. The lowest BCUT2D eigenvalue weighted by molar-refractivity contribution is 0.671. The Morgan fingerprint density at radius 3 is 1.72 bits per heavy atom. The standard InChI is InChI=1S/C58H34N6O/c59-35-41-34-40(58-61-56(37-17-6-2-7-18-37)60-57(62-58)39-20-14-19-38(33-39)36-15-4-1-5-16-36)27-30-47(41)64-49-26-13-11-24-45(49)52-50(64)31-32-51-53(52)46-29-28-44-43-23-10-12-25-48(43)63(54(44)55(46)65-51)42-21-8-3-9-22-42/h1-34H. The Kier molecular flexibility index (Phi) is 8.14. The Balaban J connectivity index is 1.00. The van der Waals surface area contributed by atoms with Gasteiger partial charge in [0.25, 0.3) is 0 Å². The summed E-state index contributed by atoms with van der Waals surface area (Å²) in [6.07, 6.45) is 0. The highest BCUT2D eigenvalue weighted by atomic mass is 16.3. The van der Waals surface area contributed by atoms with Crippen LogP contribution in [0.15, 0.2) is 211 Å². The van der Waals surface area contributed by atoms with E-state index in [0.29, 0.717) is 28.6 Å². The number of aromatic nitrogens is 5. The van der Waals surface area contributed by atoms with Crippen molar-refractivity contribution < 1.29 is 4.42 Å². The van der Waals surface area contributed by atoms with E-state index in [2.05, 4.69) is 137 Å². The van der Waals surface area contributed by atoms with Gasteiger partial charge in [0, 0.05) is 54.7 Å². The van der Waals surface area contributed by atoms with Crippen LogP contribution in [-0.2, 0) is 0 Å². The van der Waals surface area contributed by atoms with Crippen LogP contribution in [0.3, 0.4) is 0 Å². The predicted molar refractivity (Wildman–Crippen MR) is 262 cm³/mol. The van der Waals surface area contributed by atoms with Crippen molar-refractivity contribution in [3.05, 3.63) is 212 Å². The molecule has 302 valence electrons. The molecule has 0 aliphatic rings. The summed E-state index contributed by atoms with van der Waals surface area (Å²) < 4.78 is 11.5. The van der Waals surface area contributed by atoms with Gasteiger partial charge >= 0.3 is 0 Å².